The Labute approximate surface area is 92.6 Å². The highest BCUT2D eigenvalue weighted by Gasteiger charge is 2.12. The van der Waals surface area contributed by atoms with Gasteiger partial charge in [0.2, 0.25) is 0 Å². The molecule has 0 saturated carbocycles. The van der Waals surface area contributed by atoms with E-state index in [1.807, 2.05) is 31.4 Å². The molecule has 0 radical (unpaired) electrons. The van der Waals surface area contributed by atoms with Gasteiger partial charge in [0.25, 0.3) is 0 Å². The lowest BCUT2D eigenvalue weighted by Crippen LogP contribution is -2.03. The summed E-state index contributed by atoms with van der Waals surface area (Å²) >= 11 is 1.59. The van der Waals surface area contributed by atoms with E-state index in [1.165, 1.54) is 0 Å². The van der Waals surface area contributed by atoms with Crippen LogP contribution in [-0.4, -0.2) is 10.8 Å². The van der Waals surface area contributed by atoms with Crippen LogP contribution >= 0.6 is 11.3 Å². The minimum Gasteiger partial charge on any atom is -0.289 e. The fourth-order valence-electron chi connectivity index (χ4n) is 1.44. The molecule has 0 atom stereocenters. The van der Waals surface area contributed by atoms with Crippen molar-refractivity contribution in [1.82, 2.24) is 4.98 Å². The molecule has 0 amide bonds. The predicted octanol–water partition coefficient (Wildman–Crippen LogP) is 2.99. The molecule has 2 aromatic heterocycles. The lowest BCUT2D eigenvalue weighted by atomic mass is 10.1. The van der Waals surface area contributed by atoms with Crippen LogP contribution in [-0.2, 0) is 0 Å². The third kappa shape index (κ3) is 1.97. The van der Waals surface area contributed by atoms with Gasteiger partial charge in [0.1, 0.15) is 0 Å². The molecule has 3 heteroatoms. The maximum absolute atomic E-state index is 12.0. The van der Waals surface area contributed by atoms with Crippen LogP contribution in [0.4, 0.5) is 0 Å². The summed E-state index contributed by atoms with van der Waals surface area (Å²) in [5.74, 6) is 0.0601. The highest BCUT2D eigenvalue weighted by molar-refractivity contribution is 7.10. The van der Waals surface area contributed by atoms with E-state index in [0.717, 1.165) is 16.1 Å². The third-order valence-electron chi connectivity index (χ3n) is 2.24. The second-order valence-electron chi connectivity index (χ2n) is 3.41. The Kier molecular flexibility index (Phi) is 2.64. The minimum atomic E-state index is 0.0601. The van der Waals surface area contributed by atoms with Crippen molar-refractivity contribution in [2.75, 3.05) is 0 Å². The van der Waals surface area contributed by atoms with Gasteiger partial charge in [-0.15, -0.1) is 11.3 Å². The normalized spacial score (nSPS) is 10.3. The number of aromatic nitrogens is 1. The number of nitrogens with zero attached hydrogens (tertiary/aromatic N) is 1. The second kappa shape index (κ2) is 3.95. The average Bonchev–Trinajstić information content (AvgIpc) is 2.65. The molecule has 0 aliphatic rings. The Balaban J connectivity index is 2.41. The summed E-state index contributed by atoms with van der Waals surface area (Å²) in [5.41, 5.74) is 2.23. The molecule has 2 aromatic rings. The summed E-state index contributed by atoms with van der Waals surface area (Å²) in [6.45, 7) is 3.85. The van der Waals surface area contributed by atoms with Crippen LogP contribution in [0.3, 0.4) is 0 Å². The molecule has 2 nitrogen and oxygen atoms in total. The second-order valence-corrected chi connectivity index (χ2v) is 4.53. The largest absolute Gasteiger partial charge is 0.289 e. The molecule has 2 rings (SSSR count). The number of carbonyl (C=O) groups excluding carboxylic acids is 1. The first-order chi connectivity index (χ1) is 7.18. The summed E-state index contributed by atoms with van der Waals surface area (Å²) in [6.07, 6.45) is 1.70. The molecular formula is C12H11NOS. The van der Waals surface area contributed by atoms with Crippen LogP contribution in [0.2, 0.25) is 0 Å². The first kappa shape index (κ1) is 10.1. The van der Waals surface area contributed by atoms with Crippen LogP contribution < -0.4 is 0 Å². The van der Waals surface area contributed by atoms with E-state index in [-0.39, 0.29) is 5.78 Å². The fourth-order valence-corrected chi connectivity index (χ4v) is 2.13. The SMILES string of the molecule is Cc1cc(C(=O)c2cccnc2C)cs1. The van der Waals surface area contributed by atoms with Crippen molar-refractivity contribution < 1.29 is 4.79 Å². The first-order valence-corrected chi connectivity index (χ1v) is 5.58. The molecule has 15 heavy (non-hydrogen) atoms. The van der Waals surface area contributed by atoms with Crippen molar-refractivity contribution in [1.29, 1.82) is 0 Å². The first-order valence-electron chi connectivity index (χ1n) is 4.70. The van der Waals surface area contributed by atoms with E-state index in [2.05, 4.69) is 4.98 Å². The molecule has 0 aliphatic carbocycles. The Morgan fingerprint density at radius 3 is 2.80 bits per heavy atom. The fraction of sp³-hybridized carbons (Fsp3) is 0.167. The highest BCUT2D eigenvalue weighted by Crippen LogP contribution is 2.18. The van der Waals surface area contributed by atoms with E-state index < -0.39 is 0 Å². The molecular weight excluding hydrogens is 206 g/mol. The molecule has 0 N–H and O–H groups in total. The summed E-state index contributed by atoms with van der Waals surface area (Å²) in [4.78, 5) is 17.3. The zero-order valence-electron chi connectivity index (χ0n) is 8.65. The van der Waals surface area contributed by atoms with E-state index >= 15 is 0 Å². The number of carbonyl (C=O) groups is 1. The molecule has 76 valence electrons. The zero-order chi connectivity index (χ0) is 10.8. The number of rotatable bonds is 2. The van der Waals surface area contributed by atoms with E-state index in [0.29, 0.717) is 5.56 Å². The van der Waals surface area contributed by atoms with Crippen molar-refractivity contribution in [2.24, 2.45) is 0 Å². The van der Waals surface area contributed by atoms with Crippen molar-refractivity contribution in [3.8, 4) is 0 Å². The summed E-state index contributed by atoms with van der Waals surface area (Å²) < 4.78 is 0. The number of aryl methyl sites for hydroxylation is 2. The minimum absolute atomic E-state index is 0.0601. The van der Waals surface area contributed by atoms with Crippen molar-refractivity contribution in [3.05, 3.63) is 51.5 Å². The topological polar surface area (TPSA) is 30.0 Å². The number of hydrogen-bond acceptors (Lipinski definition) is 3. The van der Waals surface area contributed by atoms with Crippen molar-refractivity contribution >= 4 is 17.1 Å². The van der Waals surface area contributed by atoms with Crippen LogP contribution in [0.1, 0.15) is 26.5 Å². The van der Waals surface area contributed by atoms with Gasteiger partial charge in [-0.3, -0.25) is 9.78 Å². The van der Waals surface area contributed by atoms with E-state index in [1.54, 1.807) is 23.6 Å². The summed E-state index contributed by atoms with van der Waals surface area (Å²) in [6, 6.07) is 5.52. The Morgan fingerprint density at radius 1 is 1.40 bits per heavy atom. The van der Waals surface area contributed by atoms with E-state index in [4.69, 9.17) is 0 Å². The van der Waals surface area contributed by atoms with Gasteiger partial charge in [0.15, 0.2) is 5.78 Å². The number of hydrogen-bond donors (Lipinski definition) is 0. The monoisotopic (exact) mass is 217 g/mol. The molecule has 0 bridgehead atoms. The molecule has 0 saturated heterocycles. The van der Waals surface area contributed by atoms with Gasteiger partial charge in [-0.05, 0) is 32.0 Å². The maximum Gasteiger partial charge on any atom is 0.195 e. The van der Waals surface area contributed by atoms with Crippen molar-refractivity contribution in [3.63, 3.8) is 0 Å². The van der Waals surface area contributed by atoms with Gasteiger partial charge in [-0.25, -0.2) is 0 Å². The van der Waals surface area contributed by atoms with Gasteiger partial charge in [0.05, 0.1) is 0 Å². The lowest BCUT2D eigenvalue weighted by Gasteiger charge is -2.00. The zero-order valence-corrected chi connectivity index (χ0v) is 9.47. The molecule has 0 unspecified atom stereocenters. The number of pyridine rings is 1. The maximum atomic E-state index is 12.0. The molecule has 0 aromatic carbocycles. The molecule has 0 aliphatic heterocycles. The third-order valence-corrected chi connectivity index (χ3v) is 3.11. The van der Waals surface area contributed by atoms with Gasteiger partial charge < -0.3 is 0 Å². The van der Waals surface area contributed by atoms with Gasteiger partial charge in [0, 0.05) is 33.3 Å². The number of thiophene rings is 1. The van der Waals surface area contributed by atoms with Gasteiger partial charge in [-0.1, -0.05) is 0 Å². The quantitative estimate of drug-likeness (QED) is 0.724. The predicted molar refractivity (Wildman–Crippen MR) is 61.5 cm³/mol. The summed E-state index contributed by atoms with van der Waals surface area (Å²) in [5, 5.41) is 1.89. The Hall–Kier alpha value is -1.48. The Morgan fingerprint density at radius 2 is 2.20 bits per heavy atom. The smallest absolute Gasteiger partial charge is 0.195 e. The van der Waals surface area contributed by atoms with Crippen molar-refractivity contribution in [2.45, 2.75) is 13.8 Å². The van der Waals surface area contributed by atoms with Crippen LogP contribution in [0, 0.1) is 13.8 Å². The van der Waals surface area contributed by atoms with E-state index in [9.17, 15) is 4.79 Å². The molecule has 2 heterocycles. The molecule has 0 fully saturated rings. The van der Waals surface area contributed by atoms with Gasteiger partial charge in [-0.2, -0.15) is 0 Å². The Bertz CT molecular complexity index is 502. The highest BCUT2D eigenvalue weighted by atomic mass is 32.1. The van der Waals surface area contributed by atoms with Crippen LogP contribution in [0.25, 0.3) is 0 Å². The van der Waals surface area contributed by atoms with Crippen LogP contribution in [0.15, 0.2) is 29.8 Å². The van der Waals surface area contributed by atoms with Gasteiger partial charge >= 0.3 is 0 Å². The average molecular weight is 217 g/mol. The van der Waals surface area contributed by atoms with Crippen LogP contribution in [0.5, 0.6) is 0 Å². The standard InChI is InChI=1S/C12H11NOS/c1-8-6-10(7-15-8)12(14)11-4-3-5-13-9(11)2/h3-7H,1-2H3. The summed E-state index contributed by atoms with van der Waals surface area (Å²) in [7, 11) is 0. The number of ketones is 1. The lowest BCUT2D eigenvalue weighted by molar-refractivity contribution is 0.103. The molecule has 0 spiro atoms.